The molecule has 4 rings (SSSR count). The van der Waals surface area contributed by atoms with E-state index >= 15 is 0 Å². The summed E-state index contributed by atoms with van der Waals surface area (Å²) in [6.45, 7) is 4.80. The molecule has 0 saturated heterocycles. The van der Waals surface area contributed by atoms with E-state index in [-0.39, 0.29) is 0 Å². The molecule has 28 heavy (non-hydrogen) atoms. The van der Waals surface area contributed by atoms with Crippen LogP contribution in [0.3, 0.4) is 0 Å². The molecule has 2 fully saturated rings. The minimum atomic E-state index is 0.744. The largest absolute Gasteiger partial charge is 0.114 e. The van der Waals surface area contributed by atoms with Crippen molar-refractivity contribution in [1.29, 1.82) is 0 Å². The lowest BCUT2D eigenvalue weighted by Gasteiger charge is -2.30. The van der Waals surface area contributed by atoms with Gasteiger partial charge in [-0.1, -0.05) is 74.5 Å². The normalized spacial score (nSPS) is 29.2. The first-order valence-electron chi connectivity index (χ1n) is 11.3. The third kappa shape index (κ3) is 4.89. The quantitative estimate of drug-likeness (QED) is 0.368. The Bertz CT molecular complexity index is 714. The summed E-state index contributed by atoms with van der Waals surface area (Å²) in [5.41, 5.74) is 4.65. The smallest absolute Gasteiger partial charge is 0.00116 e. The molecular formula is C26H36P2. The van der Waals surface area contributed by atoms with Crippen molar-refractivity contribution in [2.24, 2.45) is 23.7 Å². The molecule has 150 valence electrons. The van der Waals surface area contributed by atoms with Crippen molar-refractivity contribution in [2.45, 2.75) is 50.8 Å². The highest BCUT2D eigenvalue weighted by atomic mass is 31.1. The number of hydrogen-bond acceptors (Lipinski definition) is 0. The van der Waals surface area contributed by atoms with Crippen LogP contribution in [0.1, 0.15) is 62.0 Å². The molecule has 2 aromatic rings. The molecule has 2 aliphatic rings. The summed E-state index contributed by atoms with van der Waals surface area (Å²) in [5.74, 6) is 4.16. The van der Waals surface area contributed by atoms with E-state index in [1.807, 2.05) is 0 Å². The Morgan fingerprint density at radius 1 is 0.750 bits per heavy atom. The van der Waals surface area contributed by atoms with Gasteiger partial charge in [0, 0.05) is 5.66 Å². The van der Waals surface area contributed by atoms with Gasteiger partial charge in [-0.2, -0.15) is 0 Å². The Morgan fingerprint density at radius 2 is 1.29 bits per heavy atom. The first kappa shape index (κ1) is 20.6. The molecule has 0 N–H and O–H groups in total. The minimum absolute atomic E-state index is 0.744. The van der Waals surface area contributed by atoms with Gasteiger partial charge in [0.1, 0.15) is 0 Å². The van der Waals surface area contributed by atoms with Crippen LogP contribution >= 0.6 is 17.2 Å². The molecule has 0 aromatic heterocycles. The van der Waals surface area contributed by atoms with Crippen LogP contribution in [-0.2, 0) is 0 Å². The van der Waals surface area contributed by atoms with Crippen LogP contribution in [0.2, 0.25) is 0 Å². The first-order chi connectivity index (χ1) is 13.7. The standard InChI is InChI=1S/C26H36P2/c1-3-26(21-12-8-5-9-13-21)28-18-25-16-22-14-23(25)15-24(22)17-27-19(2)20-10-6-4-7-11-20/h4-13,19,22-28H,3,14-18H2,1-2H3. The van der Waals surface area contributed by atoms with Crippen molar-refractivity contribution in [1.82, 2.24) is 0 Å². The topological polar surface area (TPSA) is 0 Å². The molecule has 0 spiro atoms. The lowest BCUT2D eigenvalue weighted by Crippen LogP contribution is -2.21. The van der Waals surface area contributed by atoms with Crippen molar-refractivity contribution in [3.8, 4) is 0 Å². The summed E-state index contributed by atoms with van der Waals surface area (Å²) in [5, 5.41) is 0. The van der Waals surface area contributed by atoms with Crippen LogP contribution in [0.25, 0.3) is 0 Å². The predicted octanol–water partition coefficient (Wildman–Crippen LogP) is 7.92. The Hall–Kier alpha value is -0.700. The highest BCUT2D eigenvalue weighted by Crippen LogP contribution is 2.56. The molecule has 2 aliphatic carbocycles. The summed E-state index contributed by atoms with van der Waals surface area (Å²) in [7, 11) is 2.22. The predicted molar refractivity (Wildman–Crippen MR) is 129 cm³/mol. The zero-order valence-electron chi connectivity index (χ0n) is 17.5. The van der Waals surface area contributed by atoms with Crippen LogP contribution in [-0.4, -0.2) is 12.3 Å². The van der Waals surface area contributed by atoms with Gasteiger partial charge in [0.25, 0.3) is 0 Å². The first-order valence-corrected chi connectivity index (χ1v) is 13.9. The molecule has 2 heteroatoms. The Kier molecular flexibility index (Phi) is 7.25. The third-order valence-corrected chi connectivity index (χ3v) is 11.1. The fraction of sp³-hybridized carbons (Fsp3) is 0.538. The van der Waals surface area contributed by atoms with Gasteiger partial charge in [-0.3, -0.25) is 0 Å². The van der Waals surface area contributed by atoms with Crippen LogP contribution in [0.5, 0.6) is 0 Å². The monoisotopic (exact) mass is 410 g/mol. The molecule has 0 amide bonds. The fourth-order valence-electron chi connectivity index (χ4n) is 5.68. The van der Waals surface area contributed by atoms with Crippen molar-refractivity contribution in [3.05, 3.63) is 71.8 Å². The highest BCUT2D eigenvalue weighted by Gasteiger charge is 2.45. The van der Waals surface area contributed by atoms with Crippen molar-refractivity contribution >= 4 is 17.2 Å². The molecule has 0 radical (unpaired) electrons. The fourth-order valence-corrected chi connectivity index (χ4v) is 9.07. The molecule has 0 aliphatic heterocycles. The molecule has 0 heterocycles. The van der Waals surface area contributed by atoms with E-state index in [1.165, 1.54) is 37.1 Å². The third-order valence-electron chi connectivity index (χ3n) is 7.37. The summed E-state index contributed by atoms with van der Waals surface area (Å²) < 4.78 is 0. The Balaban J connectivity index is 1.23. The van der Waals surface area contributed by atoms with E-state index in [1.54, 1.807) is 12.0 Å². The minimum Gasteiger partial charge on any atom is -0.114 e. The maximum atomic E-state index is 2.43. The number of fused-ring (bicyclic) bond motifs is 2. The van der Waals surface area contributed by atoms with Gasteiger partial charge in [-0.05, 0) is 78.5 Å². The molecular weight excluding hydrogens is 374 g/mol. The lowest BCUT2D eigenvalue weighted by atomic mass is 9.84. The van der Waals surface area contributed by atoms with Crippen LogP contribution in [0.4, 0.5) is 0 Å². The van der Waals surface area contributed by atoms with Gasteiger partial charge in [0.2, 0.25) is 0 Å². The van der Waals surface area contributed by atoms with E-state index in [0.29, 0.717) is 0 Å². The molecule has 2 saturated carbocycles. The van der Waals surface area contributed by atoms with Gasteiger partial charge in [0.05, 0.1) is 0 Å². The van der Waals surface area contributed by atoms with E-state index in [0.717, 1.165) is 52.2 Å². The Labute approximate surface area is 175 Å². The second kappa shape index (κ2) is 9.87. The van der Waals surface area contributed by atoms with Gasteiger partial charge in [-0.25, -0.2) is 0 Å². The SMILES string of the molecule is CCC(PCC1CC2CC1CC2CPC(C)c1ccccc1)c1ccccc1. The van der Waals surface area contributed by atoms with Gasteiger partial charge in [-0.15, -0.1) is 17.2 Å². The van der Waals surface area contributed by atoms with Gasteiger partial charge >= 0.3 is 0 Å². The molecule has 0 nitrogen and oxygen atoms in total. The van der Waals surface area contributed by atoms with Gasteiger partial charge in [0.15, 0.2) is 0 Å². The van der Waals surface area contributed by atoms with Crippen LogP contribution in [0.15, 0.2) is 60.7 Å². The van der Waals surface area contributed by atoms with Crippen molar-refractivity contribution in [3.63, 3.8) is 0 Å². The zero-order valence-corrected chi connectivity index (χ0v) is 19.5. The van der Waals surface area contributed by atoms with Crippen molar-refractivity contribution < 1.29 is 0 Å². The molecule has 2 aromatic carbocycles. The van der Waals surface area contributed by atoms with E-state index < -0.39 is 0 Å². The van der Waals surface area contributed by atoms with E-state index in [4.69, 9.17) is 0 Å². The molecule has 8 unspecified atom stereocenters. The summed E-state index contributed by atoms with van der Waals surface area (Å²) in [6.07, 6.45) is 8.89. The average molecular weight is 411 g/mol. The molecule has 8 atom stereocenters. The van der Waals surface area contributed by atoms with Crippen molar-refractivity contribution in [2.75, 3.05) is 12.3 Å². The Morgan fingerprint density at radius 3 is 1.82 bits per heavy atom. The highest BCUT2D eigenvalue weighted by molar-refractivity contribution is 7.38. The summed E-state index contributed by atoms with van der Waals surface area (Å²) in [6, 6.07) is 22.4. The molecule has 2 bridgehead atoms. The second-order valence-corrected chi connectivity index (χ2v) is 12.3. The maximum absolute atomic E-state index is 2.43. The number of benzene rings is 2. The number of rotatable bonds is 9. The van der Waals surface area contributed by atoms with E-state index in [2.05, 4.69) is 74.5 Å². The summed E-state index contributed by atoms with van der Waals surface area (Å²) >= 11 is 0. The maximum Gasteiger partial charge on any atom is 0.00116 e. The zero-order chi connectivity index (χ0) is 19.3. The van der Waals surface area contributed by atoms with Gasteiger partial charge < -0.3 is 0 Å². The second-order valence-electron chi connectivity index (χ2n) is 9.07. The van der Waals surface area contributed by atoms with Crippen LogP contribution < -0.4 is 0 Å². The average Bonchev–Trinajstić information content (AvgIpc) is 3.34. The van der Waals surface area contributed by atoms with E-state index in [9.17, 15) is 0 Å². The van der Waals surface area contributed by atoms with Crippen LogP contribution in [0, 0.1) is 23.7 Å². The summed E-state index contributed by atoms with van der Waals surface area (Å²) in [4.78, 5) is 0. The lowest BCUT2D eigenvalue weighted by molar-refractivity contribution is 0.295. The number of hydrogen-bond donors (Lipinski definition) is 0.